The zero-order valence-electron chi connectivity index (χ0n) is 8.12. The van der Waals surface area contributed by atoms with Crippen LogP contribution in [-0.4, -0.2) is 66.0 Å². The lowest BCUT2D eigenvalue weighted by Crippen LogP contribution is -2.55. The van der Waals surface area contributed by atoms with E-state index in [0.29, 0.717) is 0 Å². The molecule has 4 nitrogen and oxygen atoms in total. The molecule has 5 heteroatoms. The summed E-state index contributed by atoms with van der Waals surface area (Å²) in [6, 6.07) is 0. The van der Waals surface area contributed by atoms with E-state index >= 15 is 0 Å². The van der Waals surface area contributed by atoms with Crippen LogP contribution in [0.2, 0.25) is 0 Å². The van der Waals surface area contributed by atoms with Gasteiger partial charge < -0.3 is 9.16 Å². The average molecular weight is 190 g/mol. The summed E-state index contributed by atoms with van der Waals surface area (Å²) in [4.78, 5) is 0. The highest BCUT2D eigenvalue weighted by atomic mass is 28.3. The Kier molecular flexibility index (Phi) is 4.17. The van der Waals surface area contributed by atoms with E-state index in [9.17, 15) is 0 Å². The van der Waals surface area contributed by atoms with Gasteiger partial charge in [0, 0.05) is 20.2 Å². The molecule has 0 aliphatic carbocycles. The van der Waals surface area contributed by atoms with E-state index in [1.165, 1.54) is 0 Å². The molecule has 1 saturated heterocycles. The predicted molar refractivity (Wildman–Crippen MR) is 50.2 cm³/mol. The van der Waals surface area contributed by atoms with E-state index in [4.69, 9.17) is 9.16 Å². The van der Waals surface area contributed by atoms with Gasteiger partial charge in [-0.2, -0.15) is 0 Å². The minimum Gasteiger partial charge on any atom is -0.397 e. The van der Waals surface area contributed by atoms with E-state index in [2.05, 4.69) is 23.2 Å². The van der Waals surface area contributed by atoms with Crippen LogP contribution in [0.3, 0.4) is 0 Å². The van der Waals surface area contributed by atoms with Gasteiger partial charge in [-0.15, -0.1) is 0 Å². The first-order chi connectivity index (χ1) is 5.75. The van der Waals surface area contributed by atoms with Gasteiger partial charge in [-0.25, -0.2) is 0 Å². The molecular formula is C7H18N2O2Si. The maximum Gasteiger partial charge on any atom is 0.340 e. The monoisotopic (exact) mass is 190 g/mol. The molecule has 0 amide bonds. The minimum absolute atomic E-state index is 0.848. The predicted octanol–water partition coefficient (Wildman–Crippen LogP) is -0.756. The Balaban J connectivity index is 2.40. The molecule has 0 aromatic heterocycles. The number of hydrogen-bond donors (Lipinski definition) is 0. The molecule has 0 aromatic rings. The van der Waals surface area contributed by atoms with Crippen molar-refractivity contribution in [1.82, 2.24) is 9.13 Å². The second-order valence-corrected chi connectivity index (χ2v) is 6.06. The van der Waals surface area contributed by atoms with Crippen molar-refractivity contribution >= 4 is 9.36 Å². The van der Waals surface area contributed by atoms with Crippen molar-refractivity contribution in [3.8, 4) is 0 Å². The Labute approximate surface area is 75.9 Å². The van der Waals surface area contributed by atoms with Crippen LogP contribution in [0, 0.1) is 0 Å². The lowest BCUT2D eigenvalue weighted by Gasteiger charge is -2.34. The first-order valence-corrected chi connectivity index (χ1v) is 5.77. The van der Waals surface area contributed by atoms with Gasteiger partial charge >= 0.3 is 9.36 Å². The molecule has 1 fully saturated rings. The van der Waals surface area contributed by atoms with Gasteiger partial charge in [0.2, 0.25) is 0 Å². The lowest BCUT2D eigenvalue weighted by atomic mass is 10.5. The zero-order chi connectivity index (χ0) is 8.97. The summed E-state index contributed by atoms with van der Waals surface area (Å²) in [5, 5.41) is 0. The Morgan fingerprint density at radius 3 is 2.33 bits per heavy atom. The van der Waals surface area contributed by atoms with Gasteiger partial charge in [-0.3, -0.25) is 9.13 Å². The van der Waals surface area contributed by atoms with Crippen LogP contribution in [0.4, 0.5) is 0 Å². The molecule has 1 heterocycles. The molecular weight excluding hydrogens is 172 g/mol. The van der Waals surface area contributed by atoms with Crippen LogP contribution in [0.25, 0.3) is 0 Å². The second-order valence-electron chi connectivity index (χ2n) is 3.17. The molecule has 0 bridgehead atoms. The van der Waals surface area contributed by atoms with E-state index < -0.39 is 9.36 Å². The number of nitrogens with zero attached hydrogens (tertiary/aromatic N) is 2. The van der Waals surface area contributed by atoms with Crippen LogP contribution in [-0.2, 0) is 9.16 Å². The van der Waals surface area contributed by atoms with Crippen LogP contribution in [0.5, 0.6) is 0 Å². The summed E-state index contributed by atoms with van der Waals surface area (Å²) in [5.74, 6) is 0. The number of morpholine rings is 1. The van der Waals surface area contributed by atoms with Crippen molar-refractivity contribution in [1.29, 1.82) is 0 Å². The quantitative estimate of drug-likeness (QED) is 0.546. The van der Waals surface area contributed by atoms with Crippen molar-refractivity contribution in [3.63, 3.8) is 0 Å². The fourth-order valence-electron chi connectivity index (χ4n) is 1.48. The van der Waals surface area contributed by atoms with Crippen LogP contribution < -0.4 is 0 Å². The molecule has 1 rings (SSSR count). The summed E-state index contributed by atoms with van der Waals surface area (Å²) in [7, 11) is 4.68. The maximum atomic E-state index is 5.49. The first kappa shape index (κ1) is 10.1. The molecule has 0 N–H and O–H groups in total. The number of hydrogen-bond acceptors (Lipinski definition) is 4. The fraction of sp³-hybridized carbons (Fsp3) is 1.00. The Morgan fingerprint density at radius 2 is 1.92 bits per heavy atom. The van der Waals surface area contributed by atoms with Gasteiger partial charge in [0.25, 0.3) is 0 Å². The molecule has 12 heavy (non-hydrogen) atoms. The fourth-order valence-corrected chi connectivity index (χ4v) is 3.51. The molecule has 0 aromatic carbocycles. The van der Waals surface area contributed by atoms with Crippen molar-refractivity contribution in [2.24, 2.45) is 0 Å². The SMILES string of the molecule is CO[SiH](N(C)C)N1CCOCC1. The largest absolute Gasteiger partial charge is 0.397 e. The van der Waals surface area contributed by atoms with Crippen molar-refractivity contribution in [3.05, 3.63) is 0 Å². The molecule has 0 spiro atoms. The standard InChI is InChI=1S/C7H18N2O2Si/c1-8(2)12(10-3)9-4-6-11-7-5-9/h12H,4-7H2,1-3H3. The Hall–Kier alpha value is 0.0569. The average Bonchev–Trinajstić information content (AvgIpc) is 2.07. The minimum atomic E-state index is -1.28. The van der Waals surface area contributed by atoms with Crippen LogP contribution in [0.15, 0.2) is 0 Å². The van der Waals surface area contributed by atoms with E-state index in [1.807, 2.05) is 0 Å². The summed E-state index contributed by atoms with van der Waals surface area (Å²) < 4.78 is 15.4. The number of rotatable bonds is 3. The molecule has 1 atom stereocenters. The first-order valence-electron chi connectivity index (χ1n) is 4.26. The van der Waals surface area contributed by atoms with Gasteiger partial charge in [-0.1, -0.05) is 0 Å². The smallest absolute Gasteiger partial charge is 0.340 e. The summed E-state index contributed by atoms with van der Waals surface area (Å²) in [6.45, 7) is 3.73. The van der Waals surface area contributed by atoms with E-state index in [0.717, 1.165) is 26.3 Å². The van der Waals surface area contributed by atoms with Crippen LogP contribution >= 0.6 is 0 Å². The molecule has 0 saturated carbocycles. The van der Waals surface area contributed by atoms with Gasteiger partial charge in [0.15, 0.2) is 0 Å². The third kappa shape index (κ3) is 2.53. The van der Waals surface area contributed by atoms with Gasteiger partial charge in [0.1, 0.15) is 0 Å². The lowest BCUT2D eigenvalue weighted by molar-refractivity contribution is 0.0583. The summed E-state index contributed by atoms with van der Waals surface area (Å²) in [6.07, 6.45) is 0. The topological polar surface area (TPSA) is 24.9 Å². The zero-order valence-corrected chi connectivity index (χ0v) is 9.27. The maximum absolute atomic E-state index is 5.49. The summed E-state index contributed by atoms with van der Waals surface area (Å²) in [5.41, 5.74) is 0. The summed E-state index contributed by atoms with van der Waals surface area (Å²) >= 11 is 0. The Bertz CT molecular complexity index is 129. The highest BCUT2D eigenvalue weighted by Gasteiger charge is 2.24. The van der Waals surface area contributed by atoms with Gasteiger partial charge in [0.05, 0.1) is 13.2 Å². The van der Waals surface area contributed by atoms with Crippen LogP contribution in [0.1, 0.15) is 0 Å². The molecule has 1 aliphatic heterocycles. The van der Waals surface area contributed by atoms with Crippen molar-refractivity contribution in [2.45, 2.75) is 0 Å². The molecule has 0 radical (unpaired) electrons. The van der Waals surface area contributed by atoms with Crippen molar-refractivity contribution < 1.29 is 9.16 Å². The second kappa shape index (κ2) is 4.93. The third-order valence-corrected chi connectivity index (χ3v) is 4.46. The third-order valence-electron chi connectivity index (χ3n) is 2.01. The normalized spacial score (nSPS) is 23.0. The Morgan fingerprint density at radius 1 is 1.33 bits per heavy atom. The highest BCUT2D eigenvalue weighted by molar-refractivity contribution is 6.45. The van der Waals surface area contributed by atoms with Crippen molar-refractivity contribution in [2.75, 3.05) is 47.5 Å². The highest BCUT2D eigenvalue weighted by Crippen LogP contribution is 2.02. The molecule has 1 unspecified atom stereocenters. The van der Waals surface area contributed by atoms with E-state index in [-0.39, 0.29) is 0 Å². The molecule has 72 valence electrons. The molecule has 1 aliphatic rings. The van der Waals surface area contributed by atoms with E-state index in [1.54, 1.807) is 7.11 Å². The number of ether oxygens (including phenoxy) is 1. The van der Waals surface area contributed by atoms with Gasteiger partial charge in [-0.05, 0) is 14.1 Å².